The van der Waals surface area contributed by atoms with Crippen LogP contribution in [0, 0.1) is 12.8 Å². The van der Waals surface area contributed by atoms with Gasteiger partial charge in [-0.1, -0.05) is 73.9 Å². The van der Waals surface area contributed by atoms with E-state index in [2.05, 4.69) is 62.4 Å². The number of aryl methyl sites for hydroxylation is 1. The molecule has 1 saturated heterocycles. The molecule has 25 heavy (non-hydrogen) atoms. The SMILES string of the molecule is CCCCC(CC1CCCOC1)c1ccc(-c2ccc(C)cc2)cc1. The minimum Gasteiger partial charge on any atom is -0.381 e. The van der Waals surface area contributed by atoms with Gasteiger partial charge in [0.05, 0.1) is 0 Å². The number of unbranched alkanes of at least 4 members (excludes halogenated alkanes) is 1. The van der Waals surface area contributed by atoms with Crippen LogP contribution in [0.4, 0.5) is 0 Å². The largest absolute Gasteiger partial charge is 0.381 e. The van der Waals surface area contributed by atoms with Gasteiger partial charge in [0.1, 0.15) is 0 Å². The molecule has 0 aromatic heterocycles. The zero-order valence-corrected chi connectivity index (χ0v) is 15.8. The highest BCUT2D eigenvalue weighted by Crippen LogP contribution is 2.33. The number of hydrogen-bond acceptors (Lipinski definition) is 1. The molecule has 1 heterocycles. The van der Waals surface area contributed by atoms with Gasteiger partial charge in [0.15, 0.2) is 0 Å². The van der Waals surface area contributed by atoms with Gasteiger partial charge in [0.2, 0.25) is 0 Å². The van der Waals surface area contributed by atoms with Crippen molar-refractivity contribution in [2.45, 2.75) is 58.3 Å². The quantitative estimate of drug-likeness (QED) is 0.543. The highest BCUT2D eigenvalue weighted by atomic mass is 16.5. The van der Waals surface area contributed by atoms with Crippen LogP contribution < -0.4 is 0 Å². The van der Waals surface area contributed by atoms with E-state index in [1.165, 1.54) is 60.8 Å². The Morgan fingerprint density at radius 1 is 1.00 bits per heavy atom. The summed E-state index contributed by atoms with van der Waals surface area (Å²) < 4.78 is 5.71. The fourth-order valence-corrected chi connectivity index (χ4v) is 3.96. The third-order valence-electron chi connectivity index (χ3n) is 5.55. The average molecular weight is 337 g/mol. The molecule has 0 N–H and O–H groups in total. The lowest BCUT2D eigenvalue weighted by Gasteiger charge is -2.27. The molecule has 0 amide bonds. The Kier molecular flexibility index (Phi) is 6.69. The molecule has 0 spiro atoms. The fraction of sp³-hybridized carbons (Fsp3) is 0.500. The fourth-order valence-electron chi connectivity index (χ4n) is 3.96. The zero-order valence-electron chi connectivity index (χ0n) is 15.8. The third-order valence-corrected chi connectivity index (χ3v) is 5.55. The van der Waals surface area contributed by atoms with Crippen molar-refractivity contribution in [3.05, 3.63) is 59.7 Å². The molecule has 2 aromatic rings. The molecular formula is C24H32O. The number of hydrogen-bond donors (Lipinski definition) is 0. The maximum atomic E-state index is 5.71. The summed E-state index contributed by atoms with van der Waals surface area (Å²) in [6, 6.07) is 18.1. The maximum absolute atomic E-state index is 5.71. The minimum absolute atomic E-state index is 0.679. The second kappa shape index (κ2) is 9.20. The molecule has 1 nitrogen and oxygen atoms in total. The van der Waals surface area contributed by atoms with Crippen molar-refractivity contribution in [1.29, 1.82) is 0 Å². The van der Waals surface area contributed by atoms with Crippen molar-refractivity contribution in [2.75, 3.05) is 13.2 Å². The average Bonchev–Trinajstić information content (AvgIpc) is 2.67. The van der Waals surface area contributed by atoms with Crippen molar-refractivity contribution >= 4 is 0 Å². The van der Waals surface area contributed by atoms with Crippen molar-refractivity contribution in [2.24, 2.45) is 5.92 Å². The Balaban J connectivity index is 1.72. The molecule has 134 valence electrons. The number of rotatable bonds is 7. The number of benzene rings is 2. The van der Waals surface area contributed by atoms with E-state index in [1.807, 2.05) is 0 Å². The second-order valence-corrected chi connectivity index (χ2v) is 7.65. The third kappa shape index (κ3) is 5.19. The first kappa shape index (κ1) is 18.2. The lowest BCUT2D eigenvalue weighted by molar-refractivity contribution is 0.0484. The van der Waals surface area contributed by atoms with Crippen LogP contribution in [0.1, 0.15) is 62.5 Å². The summed E-state index contributed by atoms with van der Waals surface area (Å²) in [6.07, 6.45) is 7.75. The van der Waals surface area contributed by atoms with Crippen molar-refractivity contribution in [1.82, 2.24) is 0 Å². The van der Waals surface area contributed by atoms with Crippen molar-refractivity contribution < 1.29 is 4.74 Å². The van der Waals surface area contributed by atoms with Gasteiger partial charge in [-0.25, -0.2) is 0 Å². The summed E-state index contributed by atoms with van der Waals surface area (Å²) in [4.78, 5) is 0. The van der Waals surface area contributed by atoms with E-state index in [0.717, 1.165) is 19.1 Å². The van der Waals surface area contributed by atoms with Gasteiger partial charge in [0.25, 0.3) is 0 Å². The molecule has 2 atom stereocenters. The van der Waals surface area contributed by atoms with Crippen LogP contribution in [0.25, 0.3) is 11.1 Å². The molecule has 1 heteroatoms. The lowest BCUT2D eigenvalue weighted by Crippen LogP contribution is -2.19. The van der Waals surface area contributed by atoms with E-state index < -0.39 is 0 Å². The maximum Gasteiger partial charge on any atom is 0.0494 e. The van der Waals surface area contributed by atoms with Crippen LogP contribution in [0.3, 0.4) is 0 Å². The van der Waals surface area contributed by atoms with Gasteiger partial charge >= 0.3 is 0 Å². The Labute approximate surface area is 153 Å². The summed E-state index contributed by atoms with van der Waals surface area (Å²) >= 11 is 0. The molecule has 1 fully saturated rings. The van der Waals surface area contributed by atoms with Crippen LogP contribution in [0.5, 0.6) is 0 Å². The summed E-state index contributed by atoms with van der Waals surface area (Å²) in [5.41, 5.74) is 5.45. The Hall–Kier alpha value is -1.60. The van der Waals surface area contributed by atoms with Crippen molar-refractivity contribution in [3.8, 4) is 11.1 Å². The molecule has 2 aromatic carbocycles. The van der Waals surface area contributed by atoms with E-state index in [4.69, 9.17) is 4.74 Å². The summed E-state index contributed by atoms with van der Waals surface area (Å²) in [7, 11) is 0. The molecule has 0 aliphatic carbocycles. The monoisotopic (exact) mass is 336 g/mol. The summed E-state index contributed by atoms with van der Waals surface area (Å²) in [6.45, 7) is 6.35. The number of ether oxygens (including phenoxy) is 1. The van der Waals surface area contributed by atoms with Crippen LogP contribution >= 0.6 is 0 Å². The van der Waals surface area contributed by atoms with Crippen LogP contribution in [-0.2, 0) is 4.74 Å². The molecule has 1 aliphatic heterocycles. The molecule has 2 unspecified atom stereocenters. The van der Waals surface area contributed by atoms with Crippen molar-refractivity contribution in [3.63, 3.8) is 0 Å². The first-order valence-corrected chi connectivity index (χ1v) is 10.0. The van der Waals surface area contributed by atoms with Gasteiger partial charge < -0.3 is 4.74 Å². The molecular weight excluding hydrogens is 304 g/mol. The van der Waals surface area contributed by atoms with Gasteiger partial charge in [-0.05, 0) is 61.1 Å². The predicted octanol–water partition coefficient (Wildman–Crippen LogP) is 6.75. The first-order chi connectivity index (χ1) is 12.3. The topological polar surface area (TPSA) is 9.23 Å². The van der Waals surface area contributed by atoms with Gasteiger partial charge in [-0.15, -0.1) is 0 Å². The first-order valence-electron chi connectivity index (χ1n) is 10.0. The van der Waals surface area contributed by atoms with Crippen LogP contribution in [-0.4, -0.2) is 13.2 Å². The molecule has 1 aliphatic rings. The Morgan fingerprint density at radius 2 is 1.68 bits per heavy atom. The van der Waals surface area contributed by atoms with Crippen LogP contribution in [0.15, 0.2) is 48.5 Å². The molecule has 0 bridgehead atoms. The normalized spacial score (nSPS) is 18.9. The molecule has 0 saturated carbocycles. The molecule has 0 radical (unpaired) electrons. The minimum atomic E-state index is 0.679. The van der Waals surface area contributed by atoms with Gasteiger partial charge in [-0.2, -0.15) is 0 Å². The highest BCUT2D eigenvalue weighted by molar-refractivity contribution is 5.64. The van der Waals surface area contributed by atoms with Gasteiger partial charge in [-0.3, -0.25) is 0 Å². The van der Waals surface area contributed by atoms with Gasteiger partial charge in [0, 0.05) is 13.2 Å². The van der Waals surface area contributed by atoms with Crippen LogP contribution in [0.2, 0.25) is 0 Å². The second-order valence-electron chi connectivity index (χ2n) is 7.65. The smallest absolute Gasteiger partial charge is 0.0494 e. The summed E-state index contributed by atoms with van der Waals surface area (Å²) in [5.74, 6) is 1.42. The zero-order chi connectivity index (χ0) is 17.5. The summed E-state index contributed by atoms with van der Waals surface area (Å²) in [5, 5.41) is 0. The van der Waals surface area contributed by atoms with E-state index in [-0.39, 0.29) is 0 Å². The molecule has 3 rings (SSSR count). The van der Waals surface area contributed by atoms with E-state index in [0.29, 0.717) is 5.92 Å². The highest BCUT2D eigenvalue weighted by Gasteiger charge is 2.20. The Morgan fingerprint density at radius 3 is 2.28 bits per heavy atom. The standard InChI is InChI=1S/C24H32O/c1-3-4-7-24(17-20-6-5-16-25-18-20)23-14-12-22(13-15-23)21-10-8-19(2)9-11-21/h8-15,20,24H,3-7,16-18H2,1-2H3. The Bertz CT molecular complexity index is 620. The van der Waals surface area contributed by atoms with E-state index >= 15 is 0 Å². The van der Waals surface area contributed by atoms with E-state index in [1.54, 1.807) is 0 Å². The predicted molar refractivity (Wildman–Crippen MR) is 107 cm³/mol. The lowest BCUT2D eigenvalue weighted by atomic mass is 9.83. The van der Waals surface area contributed by atoms with E-state index in [9.17, 15) is 0 Å².